The van der Waals surface area contributed by atoms with E-state index in [-0.39, 0.29) is 18.0 Å². The van der Waals surface area contributed by atoms with Crippen LogP contribution in [0.25, 0.3) is 33.2 Å². The van der Waals surface area contributed by atoms with Crippen molar-refractivity contribution in [2.75, 3.05) is 32.8 Å². The number of fused-ring (bicyclic) bond motifs is 2. The molecule has 0 aliphatic heterocycles. The lowest BCUT2D eigenvalue weighted by molar-refractivity contribution is -0.192. The Kier molecular flexibility index (Phi) is 10.6. The molecule has 0 saturated heterocycles. The van der Waals surface area contributed by atoms with E-state index in [1.54, 1.807) is 9.47 Å². The Morgan fingerprint density at radius 3 is 2.24 bits per heavy atom. The summed E-state index contributed by atoms with van der Waals surface area (Å²) in [5.41, 5.74) is 8.80. The molecule has 1 amide bonds. The monoisotopic (exact) mass is 575 g/mol. The molecule has 220 valence electrons. The molecule has 0 unspecified atom stereocenters. The molecule has 0 bridgehead atoms. The summed E-state index contributed by atoms with van der Waals surface area (Å²) in [4.78, 5) is 41.9. The van der Waals surface area contributed by atoms with Crippen LogP contribution in [0.15, 0.2) is 59.5 Å². The number of alkyl halides is 3. The lowest BCUT2D eigenvalue weighted by Gasteiger charge is -2.19. The molecule has 0 spiro atoms. The van der Waals surface area contributed by atoms with Crippen LogP contribution in [0.1, 0.15) is 13.8 Å². The molecule has 2 aromatic carbocycles. The second-order valence-electron chi connectivity index (χ2n) is 8.86. The number of hydrogen-bond donors (Lipinski definition) is 2. The summed E-state index contributed by atoms with van der Waals surface area (Å²) in [5, 5.41) is 8.01. The first-order valence-corrected chi connectivity index (χ1v) is 13.0. The summed E-state index contributed by atoms with van der Waals surface area (Å²) in [5.74, 6) is -2.72. The van der Waals surface area contributed by atoms with Crippen molar-refractivity contribution in [3.05, 3.63) is 65.1 Å². The largest absolute Gasteiger partial charge is 0.490 e. The summed E-state index contributed by atoms with van der Waals surface area (Å²) in [6, 6.07) is 15.4. The molecule has 0 radical (unpaired) electrons. The van der Waals surface area contributed by atoms with E-state index in [4.69, 9.17) is 25.4 Å². The molecule has 0 aliphatic carbocycles. The number of carboxylic acids is 1. The van der Waals surface area contributed by atoms with Gasteiger partial charge in [-0.1, -0.05) is 30.3 Å². The fourth-order valence-corrected chi connectivity index (χ4v) is 4.32. The van der Waals surface area contributed by atoms with Crippen LogP contribution in [0, 0.1) is 0 Å². The first-order chi connectivity index (χ1) is 19.5. The Balaban J connectivity index is 0.000000587. The number of hydrogen-bond acceptors (Lipinski definition) is 6. The van der Waals surface area contributed by atoms with Crippen molar-refractivity contribution < 1.29 is 32.6 Å². The summed E-state index contributed by atoms with van der Waals surface area (Å²) in [7, 11) is 0. The standard InChI is InChI=1S/C26H31N5O3.C2HF3O2/c1-3-29(4-2)24(32)18-30-17-20(19-9-5-7-11-22(19)30)25-26(33)31(14-16-34-15-13-27)23-12-8-6-10-21(23)28-25;3-2(4,5)1(6)7/h5-12,17H,3-4,13-16,18,27H2,1-2H3;(H,6,7). The van der Waals surface area contributed by atoms with E-state index in [9.17, 15) is 22.8 Å². The zero-order valence-electron chi connectivity index (χ0n) is 22.7. The average molecular weight is 576 g/mol. The first kappa shape index (κ1) is 31.3. The number of para-hydroxylation sites is 3. The number of ether oxygens (including phenoxy) is 1. The Morgan fingerprint density at radius 2 is 1.63 bits per heavy atom. The van der Waals surface area contributed by atoms with Crippen LogP contribution in [-0.4, -0.2) is 75.0 Å². The maximum absolute atomic E-state index is 13.7. The Morgan fingerprint density at radius 1 is 1.02 bits per heavy atom. The van der Waals surface area contributed by atoms with Gasteiger partial charge in [0.15, 0.2) is 0 Å². The Labute approximate surface area is 233 Å². The Hall–Kier alpha value is -4.23. The van der Waals surface area contributed by atoms with Crippen LogP contribution in [0.4, 0.5) is 13.2 Å². The minimum absolute atomic E-state index is 0.0400. The molecule has 41 heavy (non-hydrogen) atoms. The smallest absolute Gasteiger partial charge is 0.475 e. The van der Waals surface area contributed by atoms with E-state index in [1.807, 2.05) is 73.1 Å². The predicted octanol–water partition coefficient (Wildman–Crippen LogP) is 3.50. The van der Waals surface area contributed by atoms with Crippen LogP contribution in [-0.2, 0) is 27.4 Å². The predicted molar refractivity (Wildman–Crippen MR) is 148 cm³/mol. The molecule has 2 aromatic heterocycles. The van der Waals surface area contributed by atoms with Crippen LogP contribution in [0.5, 0.6) is 0 Å². The molecule has 3 N–H and O–H groups in total. The van der Waals surface area contributed by atoms with Crippen LogP contribution < -0.4 is 11.3 Å². The normalized spacial score (nSPS) is 11.4. The van der Waals surface area contributed by atoms with Gasteiger partial charge in [-0.05, 0) is 32.0 Å². The third kappa shape index (κ3) is 7.50. The fraction of sp³-hybridized carbons (Fsp3) is 0.357. The van der Waals surface area contributed by atoms with E-state index < -0.39 is 12.1 Å². The molecule has 2 heterocycles. The van der Waals surface area contributed by atoms with Gasteiger partial charge >= 0.3 is 12.1 Å². The maximum Gasteiger partial charge on any atom is 0.490 e. The van der Waals surface area contributed by atoms with Gasteiger partial charge in [0.05, 0.1) is 24.2 Å². The summed E-state index contributed by atoms with van der Waals surface area (Å²) >= 11 is 0. The number of rotatable bonds is 10. The van der Waals surface area contributed by atoms with Crippen LogP contribution in [0.3, 0.4) is 0 Å². The molecule has 0 saturated carbocycles. The second kappa shape index (κ2) is 13.9. The van der Waals surface area contributed by atoms with Gasteiger partial charge < -0.3 is 29.6 Å². The number of amides is 1. The highest BCUT2D eigenvalue weighted by atomic mass is 19.4. The van der Waals surface area contributed by atoms with Gasteiger partial charge in [-0.25, -0.2) is 9.78 Å². The fourth-order valence-electron chi connectivity index (χ4n) is 4.32. The molecule has 10 nitrogen and oxygen atoms in total. The van der Waals surface area contributed by atoms with E-state index in [0.29, 0.717) is 45.1 Å². The van der Waals surface area contributed by atoms with E-state index in [1.165, 1.54) is 0 Å². The third-order valence-corrected chi connectivity index (χ3v) is 6.28. The number of carbonyl (C=O) groups is 2. The van der Waals surface area contributed by atoms with Crippen molar-refractivity contribution in [2.45, 2.75) is 33.1 Å². The second-order valence-corrected chi connectivity index (χ2v) is 8.86. The number of nitrogens with zero attached hydrogens (tertiary/aromatic N) is 4. The lowest BCUT2D eigenvalue weighted by Crippen LogP contribution is -2.33. The molecule has 0 fully saturated rings. The van der Waals surface area contributed by atoms with Gasteiger partial charge in [0.2, 0.25) is 5.91 Å². The zero-order chi connectivity index (χ0) is 30.2. The van der Waals surface area contributed by atoms with Crippen molar-refractivity contribution in [2.24, 2.45) is 5.73 Å². The van der Waals surface area contributed by atoms with Crippen molar-refractivity contribution in [1.82, 2.24) is 19.0 Å². The minimum atomic E-state index is -5.08. The van der Waals surface area contributed by atoms with Gasteiger partial charge in [-0.2, -0.15) is 13.2 Å². The number of benzene rings is 2. The molecule has 4 rings (SSSR count). The van der Waals surface area contributed by atoms with Gasteiger partial charge in [-0.15, -0.1) is 0 Å². The zero-order valence-corrected chi connectivity index (χ0v) is 22.7. The SMILES string of the molecule is CCN(CC)C(=O)Cn1cc(-c2nc3ccccc3n(CCOCCN)c2=O)c2ccccc21.O=C(O)C(F)(F)F. The topological polar surface area (TPSA) is 133 Å². The first-order valence-electron chi connectivity index (χ1n) is 13.0. The van der Waals surface area contributed by atoms with Gasteiger partial charge in [0, 0.05) is 48.8 Å². The highest BCUT2D eigenvalue weighted by Crippen LogP contribution is 2.29. The van der Waals surface area contributed by atoms with Crippen molar-refractivity contribution in [3.63, 3.8) is 0 Å². The lowest BCUT2D eigenvalue weighted by atomic mass is 10.1. The van der Waals surface area contributed by atoms with Gasteiger partial charge in [0.1, 0.15) is 12.2 Å². The average Bonchev–Trinajstić information content (AvgIpc) is 3.30. The number of carboxylic acid groups (broad SMARTS) is 1. The summed E-state index contributed by atoms with van der Waals surface area (Å²) in [6.45, 7) is 7.12. The number of likely N-dealkylation sites (N-methyl/N-ethyl adjacent to an activating group) is 1. The maximum atomic E-state index is 13.7. The Bertz CT molecular complexity index is 1560. The quantitative estimate of drug-likeness (QED) is 0.277. The molecular weight excluding hydrogens is 543 g/mol. The van der Waals surface area contributed by atoms with E-state index in [0.717, 1.165) is 27.5 Å². The number of aromatic nitrogens is 3. The number of aliphatic carboxylic acids is 1. The van der Waals surface area contributed by atoms with E-state index >= 15 is 0 Å². The molecule has 13 heteroatoms. The van der Waals surface area contributed by atoms with E-state index in [2.05, 4.69) is 0 Å². The number of carbonyl (C=O) groups excluding carboxylic acids is 1. The van der Waals surface area contributed by atoms with Gasteiger partial charge in [0.25, 0.3) is 5.56 Å². The number of nitrogens with two attached hydrogens (primary N) is 1. The van der Waals surface area contributed by atoms with Crippen LogP contribution >= 0.6 is 0 Å². The van der Waals surface area contributed by atoms with Crippen LogP contribution in [0.2, 0.25) is 0 Å². The summed E-state index contributed by atoms with van der Waals surface area (Å²) < 4.78 is 40.9. The molecule has 0 aliphatic rings. The number of halogens is 3. The highest BCUT2D eigenvalue weighted by Gasteiger charge is 2.38. The summed E-state index contributed by atoms with van der Waals surface area (Å²) in [6.07, 6.45) is -3.21. The minimum Gasteiger partial charge on any atom is -0.475 e. The molecular formula is C28H32F3N5O5. The highest BCUT2D eigenvalue weighted by molar-refractivity contribution is 5.96. The van der Waals surface area contributed by atoms with Gasteiger partial charge in [-0.3, -0.25) is 9.59 Å². The third-order valence-electron chi connectivity index (χ3n) is 6.28. The molecule has 4 aromatic rings. The van der Waals surface area contributed by atoms with Crippen molar-refractivity contribution >= 4 is 33.8 Å². The van der Waals surface area contributed by atoms with Crippen molar-refractivity contribution in [1.29, 1.82) is 0 Å². The molecule has 0 atom stereocenters. The van der Waals surface area contributed by atoms with Crippen molar-refractivity contribution in [3.8, 4) is 11.3 Å².